The molecule has 3 rings (SSSR count). The molecule has 1 heterocycles. The van der Waals surface area contributed by atoms with Crippen molar-refractivity contribution in [2.24, 2.45) is 0 Å². The number of amides is 1. The van der Waals surface area contributed by atoms with Crippen molar-refractivity contribution in [1.82, 2.24) is 10.2 Å². The average Bonchev–Trinajstić information content (AvgIpc) is 3.34. The second-order valence-corrected chi connectivity index (χ2v) is 6.36. The summed E-state index contributed by atoms with van der Waals surface area (Å²) in [7, 11) is 0. The highest BCUT2D eigenvalue weighted by Gasteiger charge is 2.34. The van der Waals surface area contributed by atoms with Gasteiger partial charge in [0.1, 0.15) is 0 Å². The van der Waals surface area contributed by atoms with Crippen LogP contribution < -0.4 is 5.32 Å². The number of hydrogen-bond donors (Lipinski definition) is 1. The van der Waals surface area contributed by atoms with Crippen LogP contribution in [0.2, 0.25) is 10.0 Å². The van der Waals surface area contributed by atoms with Crippen molar-refractivity contribution in [3.8, 4) is 0 Å². The third kappa shape index (κ3) is 3.42. The number of nitrogens with one attached hydrogen (secondary N) is 1. The van der Waals surface area contributed by atoms with E-state index >= 15 is 0 Å². The molecule has 1 saturated carbocycles. The van der Waals surface area contributed by atoms with Crippen molar-refractivity contribution in [2.45, 2.75) is 31.8 Å². The van der Waals surface area contributed by atoms with E-state index in [0.717, 1.165) is 36.9 Å². The van der Waals surface area contributed by atoms with Gasteiger partial charge in [-0.2, -0.15) is 0 Å². The molecule has 1 N–H and O–H groups in total. The van der Waals surface area contributed by atoms with Gasteiger partial charge in [-0.15, -0.1) is 0 Å². The van der Waals surface area contributed by atoms with E-state index in [9.17, 15) is 4.79 Å². The first-order chi connectivity index (χ1) is 10.2. The Kier molecular flexibility index (Phi) is 4.53. The maximum Gasteiger partial charge on any atom is 0.251 e. The highest BCUT2D eigenvalue weighted by molar-refractivity contribution is 6.42. The summed E-state index contributed by atoms with van der Waals surface area (Å²) in [6.07, 6.45) is 5.11. The normalized spacial score (nSPS) is 18.3. The van der Waals surface area contributed by atoms with Crippen LogP contribution in [0.4, 0.5) is 0 Å². The van der Waals surface area contributed by atoms with Gasteiger partial charge in [-0.3, -0.25) is 4.79 Å². The highest BCUT2D eigenvalue weighted by atomic mass is 35.5. The molecule has 0 spiro atoms. The first-order valence-electron chi connectivity index (χ1n) is 7.30. The van der Waals surface area contributed by atoms with Crippen LogP contribution in [0.1, 0.15) is 24.8 Å². The summed E-state index contributed by atoms with van der Waals surface area (Å²) in [5.74, 6) is 0.126. The summed E-state index contributed by atoms with van der Waals surface area (Å²) in [5, 5.41) is 4.34. The Labute approximate surface area is 134 Å². The Balaban J connectivity index is 1.80. The molecular weight excluding hydrogens is 307 g/mol. The fourth-order valence-electron chi connectivity index (χ4n) is 2.60. The summed E-state index contributed by atoms with van der Waals surface area (Å²) in [4.78, 5) is 14.7. The van der Waals surface area contributed by atoms with Crippen LogP contribution in [-0.4, -0.2) is 29.9 Å². The molecule has 5 heteroatoms. The van der Waals surface area contributed by atoms with Gasteiger partial charge in [0.15, 0.2) is 0 Å². The highest BCUT2D eigenvalue weighted by Crippen LogP contribution is 2.33. The molecule has 3 nitrogen and oxygen atoms in total. The lowest BCUT2D eigenvalue weighted by atomic mass is 10.1. The van der Waals surface area contributed by atoms with E-state index in [1.54, 1.807) is 6.07 Å². The second kappa shape index (κ2) is 6.39. The maximum absolute atomic E-state index is 12.7. The summed E-state index contributed by atoms with van der Waals surface area (Å²) < 4.78 is 0. The molecular formula is C16H18Cl2N2O. The molecule has 1 aliphatic heterocycles. The standard InChI is InChI=1S/C16H18Cl2N2O/c17-14-5-1-3-12(15(14)18)10-20(13-6-7-13)16(21)11-4-2-8-19-9-11/h1,3-5,13,19H,2,6-10H2. The largest absolute Gasteiger partial charge is 0.332 e. The molecule has 0 saturated heterocycles. The number of benzene rings is 1. The van der Waals surface area contributed by atoms with Gasteiger partial charge in [0, 0.05) is 24.7 Å². The molecule has 0 radical (unpaired) electrons. The van der Waals surface area contributed by atoms with Crippen LogP contribution in [0.3, 0.4) is 0 Å². The average molecular weight is 325 g/mol. The van der Waals surface area contributed by atoms with Crippen LogP contribution in [-0.2, 0) is 11.3 Å². The Hall–Kier alpha value is -1.03. The minimum atomic E-state index is 0.126. The van der Waals surface area contributed by atoms with E-state index in [2.05, 4.69) is 5.32 Å². The van der Waals surface area contributed by atoms with Crippen LogP contribution in [0.15, 0.2) is 29.8 Å². The Morgan fingerprint density at radius 2 is 2.14 bits per heavy atom. The topological polar surface area (TPSA) is 32.3 Å². The molecule has 1 aromatic rings. The van der Waals surface area contributed by atoms with Gasteiger partial charge in [0.25, 0.3) is 5.91 Å². The van der Waals surface area contributed by atoms with Gasteiger partial charge in [-0.25, -0.2) is 0 Å². The smallest absolute Gasteiger partial charge is 0.251 e. The maximum atomic E-state index is 12.7. The van der Waals surface area contributed by atoms with Gasteiger partial charge in [0.2, 0.25) is 0 Å². The van der Waals surface area contributed by atoms with Crippen molar-refractivity contribution >= 4 is 29.1 Å². The Morgan fingerprint density at radius 1 is 1.33 bits per heavy atom. The molecule has 0 bridgehead atoms. The number of nitrogens with zero attached hydrogens (tertiary/aromatic N) is 1. The summed E-state index contributed by atoms with van der Waals surface area (Å²) >= 11 is 12.3. The van der Waals surface area contributed by atoms with E-state index < -0.39 is 0 Å². The number of halogens is 2. The zero-order valence-electron chi connectivity index (χ0n) is 11.7. The fraction of sp³-hybridized carbons (Fsp3) is 0.438. The third-order valence-corrected chi connectivity index (χ3v) is 4.78. The summed E-state index contributed by atoms with van der Waals surface area (Å²) in [5.41, 5.74) is 1.78. The Bertz CT molecular complexity index is 582. The van der Waals surface area contributed by atoms with Crippen molar-refractivity contribution in [2.75, 3.05) is 13.1 Å². The summed E-state index contributed by atoms with van der Waals surface area (Å²) in [6.45, 7) is 2.13. The van der Waals surface area contributed by atoms with E-state index in [4.69, 9.17) is 23.2 Å². The zero-order valence-corrected chi connectivity index (χ0v) is 13.3. The predicted molar refractivity (Wildman–Crippen MR) is 85.6 cm³/mol. The first-order valence-corrected chi connectivity index (χ1v) is 8.06. The lowest BCUT2D eigenvalue weighted by Crippen LogP contribution is -2.38. The van der Waals surface area contributed by atoms with E-state index in [-0.39, 0.29) is 5.91 Å². The van der Waals surface area contributed by atoms with Gasteiger partial charge in [-0.1, -0.05) is 41.4 Å². The van der Waals surface area contributed by atoms with Crippen LogP contribution >= 0.6 is 23.2 Å². The quantitative estimate of drug-likeness (QED) is 0.920. The van der Waals surface area contributed by atoms with E-state index in [1.807, 2.05) is 23.1 Å². The molecule has 1 aliphatic carbocycles. The number of carbonyl (C=O) groups excluding carboxylic acids is 1. The molecule has 112 valence electrons. The molecule has 21 heavy (non-hydrogen) atoms. The van der Waals surface area contributed by atoms with Gasteiger partial charge in [0.05, 0.1) is 10.0 Å². The van der Waals surface area contributed by atoms with Crippen LogP contribution in [0.5, 0.6) is 0 Å². The van der Waals surface area contributed by atoms with Crippen molar-refractivity contribution in [1.29, 1.82) is 0 Å². The lowest BCUT2D eigenvalue weighted by Gasteiger charge is -2.26. The Morgan fingerprint density at radius 3 is 2.81 bits per heavy atom. The number of rotatable bonds is 4. The molecule has 1 fully saturated rings. The van der Waals surface area contributed by atoms with Gasteiger partial charge < -0.3 is 10.2 Å². The minimum Gasteiger partial charge on any atom is -0.332 e. The van der Waals surface area contributed by atoms with Crippen LogP contribution in [0, 0.1) is 0 Å². The fourth-order valence-corrected chi connectivity index (χ4v) is 2.98. The molecule has 0 aromatic heterocycles. The molecule has 2 aliphatic rings. The van der Waals surface area contributed by atoms with Crippen LogP contribution in [0.25, 0.3) is 0 Å². The third-order valence-electron chi connectivity index (χ3n) is 3.92. The second-order valence-electron chi connectivity index (χ2n) is 5.57. The molecule has 0 unspecified atom stereocenters. The first kappa shape index (κ1) is 14.9. The van der Waals surface area contributed by atoms with Crippen molar-refractivity contribution in [3.63, 3.8) is 0 Å². The van der Waals surface area contributed by atoms with E-state index in [0.29, 0.717) is 29.2 Å². The molecule has 1 aromatic carbocycles. The minimum absolute atomic E-state index is 0.126. The van der Waals surface area contributed by atoms with Crippen molar-refractivity contribution < 1.29 is 4.79 Å². The number of hydrogen-bond acceptors (Lipinski definition) is 2. The summed E-state index contributed by atoms with van der Waals surface area (Å²) in [6, 6.07) is 5.92. The lowest BCUT2D eigenvalue weighted by molar-refractivity contribution is -0.128. The predicted octanol–water partition coefficient (Wildman–Crippen LogP) is 3.40. The van der Waals surface area contributed by atoms with Gasteiger partial charge in [-0.05, 0) is 37.4 Å². The zero-order chi connectivity index (χ0) is 14.8. The van der Waals surface area contributed by atoms with Gasteiger partial charge >= 0.3 is 0 Å². The molecule has 0 atom stereocenters. The van der Waals surface area contributed by atoms with Crippen molar-refractivity contribution in [3.05, 3.63) is 45.5 Å². The SMILES string of the molecule is O=C(C1=CCCNC1)N(Cc1cccc(Cl)c1Cl)C1CC1. The number of carbonyl (C=O) groups is 1. The van der Waals surface area contributed by atoms with E-state index in [1.165, 1.54) is 0 Å². The monoisotopic (exact) mass is 324 g/mol. The molecule has 1 amide bonds.